The molecule has 294 valence electrons. The van der Waals surface area contributed by atoms with Gasteiger partial charge in [-0.2, -0.15) is 0 Å². The second-order valence-corrected chi connectivity index (χ2v) is 16.7. The molecule has 2 aliphatic rings. The highest BCUT2D eigenvalue weighted by Gasteiger charge is 2.43. The van der Waals surface area contributed by atoms with E-state index in [4.69, 9.17) is 4.74 Å². The number of hydrogen-bond acceptors (Lipinski definition) is 2. The minimum Gasteiger partial charge on any atom is -0.458 e. The van der Waals surface area contributed by atoms with Crippen LogP contribution in [0.5, 0.6) is 11.5 Å². The molecule has 0 amide bonds. The molecular weight excluding hydrogens is 751 g/mol. The van der Waals surface area contributed by atoms with E-state index in [0.717, 1.165) is 42.1 Å². The third-order valence-electron chi connectivity index (χ3n) is 13.0. The Morgan fingerprint density at radius 2 is 1.08 bits per heavy atom. The van der Waals surface area contributed by atoms with Gasteiger partial charge in [-0.25, -0.2) is 0 Å². The largest absolute Gasteiger partial charge is 0.458 e. The summed E-state index contributed by atoms with van der Waals surface area (Å²) in [5.74, 6) is 1.86. The van der Waals surface area contributed by atoms with Crippen molar-refractivity contribution in [2.45, 2.75) is 26.2 Å². The van der Waals surface area contributed by atoms with Gasteiger partial charge in [0.15, 0.2) is 0 Å². The van der Waals surface area contributed by atoms with E-state index in [9.17, 15) is 0 Å². The van der Waals surface area contributed by atoms with Crippen LogP contribution in [0.25, 0.3) is 60.9 Å². The summed E-state index contributed by atoms with van der Waals surface area (Å²) in [6.07, 6.45) is 3.19. The topological polar surface area (TPSA) is 17.4 Å². The van der Waals surface area contributed by atoms with Gasteiger partial charge in [-0.3, -0.25) is 0 Å². The maximum absolute atomic E-state index is 7.11. The van der Waals surface area contributed by atoms with Gasteiger partial charge in [-0.15, -0.1) is 0 Å². The van der Waals surface area contributed by atoms with Crippen LogP contribution in [0.3, 0.4) is 0 Å². The van der Waals surface area contributed by atoms with Gasteiger partial charge in [-0.05, 0) is 99.5 Å². The van der Waals surface area contributed by atoms with Crippen molar-refractivity contribution in [1.29, 1.82) is 0 Å². The predicted molar refractivity (Wildman–Crippen MR) is 262 cm³/mol. The second kappa shape index (κ2) is 14.9. The molecule has 0 spiro atoms. The van der Waals surface area contributed by atoms with Crippen LogP contribution in [0.15, 0.2) is 206 Å². The van der Waals surface area contributed by atoms with Crippen LogP contribution in [0.4, 0.5) is 17.1 Å². The monoisotopic (exact) mass is 794 g/mol. The van der Waals surface area contributed by atoms with E-state index in [1.54, 1.807) is 0 Å². The molecule has 3 heterocycles. The molecular formula is C58H43BN2O. The Morgan fingerprint density at radius 3 is 1.73 bits per heavy atom. The van der Waals surface area contributed by atoms with E-state index in [0.29, 0.717) is 0 Å². The molecule has 0 fully saturated rings. The summed E-state index contributed by atoms with van der Waals surface area (Å²) in [4.78, 5) is 2.59. The van der Waals surface area contributed by atoms with Crippen molar-refractivity contribution in [2.24, 2.45) is 0 Å². The number of unbranched alkanes of at least 4 members (excludes halogenated alkanes) is 1. The summed E-state index contributed by atoms with van der Waals surface area (Å²) < 4.78 is 9.57. The molecule has 0 bridgehead atoms. The molecule has 9 aromatic carbocycles. The molecule has 10 aromatic rings. The van der Waals surface area contributed by atoms with Crippen molar-refractivity contribution in [1.82, 2.24) is 4.57 Å². The lowest BCUT2D eigenvalue weighted by atomic mass is 9.34. The quantitative estimate of drug-likeness (QED) is 0.143. The first-order valence-corrected chi connectivity index (χ1v) is 21.9. The maximum Gasteiger partial charge on any atom is 0.256 e. The first-order chi connectivity index (χ1) is 30.7. The van der Waals surface area contributed by atoms with Crippen molar-refractivity contribution in [3.8, 4) is 50.6 Å². The van der Waals surface area contributed by atoms with Crippen LogP contribution in [0, 0.1) is 0 Å². The van der Waals surface area contributed by atoms with Crippen LogP contribution in [0.1, 0.15) is 25.3 Å². The van der Waals surface area contributed by atoms with Gasteiger partial charge in [0.05, 0.1) is 16.7 Å². The number of anilines is 3. The molecule has 1 aromatic heterocycles. The average Bonchev–Trinajstić information content (AvgIpc) is 3.68. The SMILES string of the molecule is CCCCc1cc2c3c(c1)N(c1c(-c4ccccc4)cccc1-c1ccccc1)c1cc(-n4c5ccccc5c5ccccc54)ccc1B3c1cc(-c3ccccc3)ccc1O2. The van der Waals surface area contributed by atoms with Crippen molar-refractivity contribution in [3.05, 3.63) is 212 Å². The molecule has 0 radical (unpaired) electrons. The Kier molecular flexibility index (Phi) is 8.71. The zero-order valence-corrected chi connectivity index (χ0v) is 34.6. The lowest BCUT2D eigenvalue weighted by Crippen LogP contribution is -2.59. The smallest absolute Gasteiger partial charge is 0.256 e. The highest BCUT2D eigenvalue weighted by Crippen LogP contribution is 2.49. The summed E-state index contributed by atoms with van der Waals surface area (Å²) >= 11 is 0. The predicted octanol–water partition coefficient (Wildman–Crippen LogP) is 13.5. The number of hydrogen-bond donors (Lipinski definition) is 0. The number of ether oxygens (including phenoxy) is 1. The summed E-state index contributed by atoms with van der Waals surface area (Å²) in [6.45, 7) is 2.21. The van der Waals surface area contributed by atoms with E-state index in [1.807, 2.05) is 0 Å². The Balaban J connectivity index is 1.21. The summed E-state index contributed by atoms with van der Waals surface area (Å²) in [5, 5.41) is 2.50. The first kappa shape index (κ1) is 36.3. The Labute approximate surface area is 363 Å². The lowest BCUT2D eigenvalue weighted by Gasteiger charge is -2.42. The van der Waals surface area contributed by atoms with Gasteiger partial charge >= 0.3 is 0 Å². The molecule has 0 atom stereocenters. The van der Waals surface area contributed by atoms with Gasteiger partial charge in [-0.1, -0.05) is 177 Å². The molecule has 0 saturated carbocycles. The molecule has 62 heavy (non-hydrogen) atoms. The molecule has 3 nitrogen and oxygen atoms in total. The van der Waals surface area contributed by atoms with Crippen LogP contribution < -0.4 is 26.0 Å². The number of aryl methyl sites for hydroxylation is 1. The van der Waals surface area contributed by atoms with Crippen molar-refractivity contribution < 1.29 is 4.74 Å². The van der Waals surface area contributed by atoms with E-state index < -0.39 is 0 Å². The maximum atomic E-state index is 7.11. The molecule has 2 aliphatic heterocycles. The molecule has 0 unspecified atom stereocenters. The lowest BCUT2D eigenvalue weighted by molar-refractivity contribution is 0.486. The fourth-order valence-electron chi connectivity index (χ4n) is 10.2. The van der Waals surface area contributed by atoms with Gasteiger partial charge in [0.25, 0.3) is 6.71 Å². The normalized spacial score (nSPS) is 12.5. The molecule has 0 N–H and O–H groups in total. The molecule has 12 rings (SSSR count). The zero-order chi connectivity index (χ0) is 41.1. The van der Waals surface area contributed by atoms with Crippen molar-refractivity contribution >= 4 is 62.0 Å². The number of benzene rings is 9. The van der Waals surface area contributed by atoms with Gasteiger partial charge in [0.1, 0.15) is 11.5 Å². The highest BCUT2D eigenvalue weighted by molar-refractivity contribution is 6.99. The average molecular weight is 795 g/mol. The van der Waals surface area contributed by atoms with Gasteiger partial charge in [0.2, 0.25) is 0 Å². The third-order valence-corrected chi connectivity index (χ3v) is 13.0. The number of fused-ring (bicyclic) bond motifs is 7. The molecule has 0 aliphatic carbocycles. The van der Waals surface area contributed by atoms with Crippen LogP contribution in [-0.4, -0.2) is 11.3 Å². The van der Waals surface area contributed by atoms with Crippen LogP contribution >= 0.6 is 0 Å². The standard InChI is InChI=1S/C58H43BN2O/c1-2-3-18-39-35-54-57-56(36-39)62-55-34-31-43(40-19-7-4-8-20-40)37-50(55)59(57)49-33-32-44(60-51-29-15-13-25-47(51)48-26-14-16-30-52(48)60)38-53(49)61(54)58-45(41-21-9-5-10-22-41)27-17-28-46(58)42-23-11-6-12-24-42/h4-17,19-38H,2-3,18H2,1H3. The second-order valence-electron chi connectivity index (χ2n) is 16.7. The fourth-order valence-corrected chi connectivity index (χ4v) is 10.2. The Bertz CT molecular complexity index is 3210. The van der Waals surface area contributed by atoms with E-state index in [2.05, 4.69) is 223 Å². The third kappa shape index (κ3) is 5.82. The summed E-state index contributed by atoms with van der Waals surface area (Å²) in [7, 11) is 0. The van der Waals surface area contributed by atoms with Crippen molar-refractivity contribution in [2.75, 3.05) is 4.90 Å². The summed E-state index contributed by atoms with van der Waals surface area (Å²) in [6, 6.07) is 75.7. The Morgan fingerprint density at radius 1 is 0.468 bits per heavy atom. The summed E-state index contributed by atoms with van der Waals surface area (Å²) in [5.41, 5.74) is 19.0. The fraction of sp³-hybridized carbons (Fsp3) is 0.0690. The number of aromatic nitrogens is 1. The van der Waals surface area contributed by atoms with E-state index >= 15 is 0 Å². The minimum atomic E-state index is -0.0600. The van der Waals surface area contributed by atoms with Gasteiger partial charge in [0, 0.05) is 39.0 Å². The molecule has 4 heteroatoms. The molecule has 0 saturated heterocycles. The van der Waals surface area contributed by atoms with E-state index in [-0.39, 0.29) is 6.71 Å². The van der Waals surface area contributed by atoms with Gasteiger partial charge < -0.3 is 14.2 Å². The number of nitrogens with zero attached hydrogens (tertiary/aromatic N) is 2. The van der Waals surface area contributed by atoms with Crippen molar-refractivity contribution in [3.63, 3.8) is 0 Å². The van der Waals surface area contributed by atoms with Crippen LogP contribution in [-0.2, 0) is 6.42 Å². The Hall–Kier alpha value is -7.56. The number of para-hydroxylation sites is 3. The highest BCUT2D eigenvalue weighted by atomic mass is 16.5. The minimum absolute atomic E-state index is 0.0600. The number of rotatable bonds is 8. The van der Waals surface area contributed by atoms with E-state index in [1.165, 1.54) is 88.5 Å². The van der Waals surface area contributed by atoms with Crippen LogP contribution in [0.2, 0.25) is 0 Å². The first-order valence-electron chi connectivity index (χ1n) is 21.9. The zero-order valence-electron chi connectivity index (χ0n) is 34.6.